The molecule has 5 nitrogen and oxygen atoms in total. The van der Waals surface area contributed by atoms with Crippen molar-refractivity contribution in [1.29, 1.82) is 0 Å². The zero-order valence-electron chi connectivity index (χ0n) is 12.8. The number of methoxy groups -OCH3 is 1. The molecule has 0 aromatic heterocycles. The van der Waals surface area contributed by atoms with E-state index in [1.165, 1.54) is 12.0 Å². The average Bonchev–Trinajstić information content (AvgIpc) is 2.88. The summed E-state index contributed by atoms with van der Waals surface area (Å²) in [5.74, 6) is -1.20. The van der Waals surface area contributed by atoms with Crippen molar-refractivity contribution in [2.45, 2.75) is 12.8 Å². The van der Waals surface area contributed by atoms with Crippen LogP contribution in [0.4, 0.5) is 5.69 Å². The molecule has 2 amide bonds. The van der Waals surface area contributed by atoms with Crippen LogP contribution in [-0.4, -0.2) is 24.9 Å². The van der Waals surface area contributed by atoms with Crippen molar-refractivity contribution in [2.24, 2.45) is 23.7 Å². The van der Waals surface area contributed by atoms with Crippen LogP contribution in [0.5, 0.6) is 0 Å². The third kappa shape index (κ3) is 1.89. The second-order valence-corrected chi connectivity index (χ2v) is 6.36. The molecule has 118 valence electrons. The standard InChI is InChI=1S/C18H17NO4/c1-23-18(22)12-4-2-3-5-13(12)19-16(20)14-10-6-7-11(9-8-10)15(14)17(19)21/h2-7,10-11,14-15H,8-9H2,1H3/t10-,11+,14-,15-/m0/s1. The van der Waals surface area contributed by atoms with Crippen molar-refractivity contribution >= 4 is 23.5 Å². The normalized spacial score (nSPS) is 31.4. The number of hydrogen-bond acceptors (Lipinski definition) is 4. The Labute approximate surface area is 133 Å². The molecule has 23 heavy (non-hydrogen) atoms. The Balaban J connectivity index is 1.79. The van der Waals surface area contributed by atoms with Gasteiger partial charge in [0, 0.05) is 0 Å². The lowest BCUT2D eigenvalue weighted by Gasteiger charge is -2.38. The van der Waals surface area contributed by atoms with Crippen molar-refractivity contribution in [2.75, 3.05) is 12.0 Å². The van der Waals surface area contributed by atoms with Gasteiger partial charge in [-0.05, 0) is 36.8 Å². The second-order valence-electron chi connectivity index (χ2n) is 6.36. The molecule has 0 spiro atoms. The molecule has 1 heterocycles. The van der Waals surface area contributed by atoms with E-state index in [0.29, 0.717) is 5.69 Å². The summed E-state index contributed by atoms with van der Waals surface area (Å²) in [5, 5.41) is 0. The largest absolute Gasteiger partial charge is 0.465 e. The molecule has 1 aromatic rings. The van der Waals surface area contributed by atoms with Crippen LogP contribution < -0.4 is 4.90 Å². The van der Waals surface area contributed by atoms with Gasteiger partial charge in [-0.1, -0.05) is 24.3 Å². The number of allylic oxidation sites excluding steroid dienone is 2. The fourth-order valence-corrected chi connectivity index (χ4v) is 4.26. The monoisotopic (exact) mass is 311 g/mol. The fourth-order valence-electron chi connectivity index (χ4n) is 4.26. The summed E-state index contributed by atoms with van der Waals surface area (Å²) < 4.78 is 4.78. The predicted octanol–water partition coefficient (Wildman–Crippen LogP) is 2.17. The summed E-state index contributed by atoms with van der Waals surface area (Å²) >= 11 is 0. The number of hydrogen-bond donors (Lipinski definition) is 0. The molecule has 5 heteroatoms. The van der Waals surface area contributed by atoms with Gasteiger partial charge in [0.15, 0.2) is 0 Å². The van der Waals surface area contributed by atoms with E-state index in [1.54, 1.807) is 24.3 Å². The number of imide groups is 1. The van der Waals surface area contributed by atoms with Crippen LogP contribution in [0, 0.1) is 23.7 Å². The van der Waals surface area contributed by atoms with Crippen LogP contribution in [0.15, 0.2) is 36.4 Å². The Morgan fingerprint density at radius 1 is 1.04 bits per heavy atom. The van der Waals surface area contributed by atoms with Crippen molar-refractivity contribution in [1.82, 2.24) is 0 Å². The molecule has 1 saturated carbocycles. The van der Waals surface area contributed by atoms with Crippen molar-refractivity contribution in [3.05, 3.63) is 42.0 Å². The van der Waals surface area contributed by atoms with Gasteiger partial charge < -0.3 is 4.74 Å². The van der Waals surface area contributed by atoms with E-state index in [4.69, 9.17) is 4.74 Å². The zero-order chi connectivity index (χ0) is 16.1. The predicted molar refractivity (Wildman–Crippen MR) is 82.6 cm³/mol. The lowest BCUT2D eigenvalue weighted by atomic mass is 9.63. The van der Waals surface area contributed by atoms with E-state index in [-0.39, 0.29) is 41.0 Å². The SMILES string of the molecule is COC(=O)c1ccccc1N1C(=O)[C@@H]2[C@@H](C1=O)[C@H]1C=C[C@@H]2CC1. The Morgan fingerprint density at radius 2 is 1.61 bits per heavy atom. The minimum atomic E-state index is -0.544. The van der Waals surface area contributed by atoms with Gasteiger partial charge in [0.25, 0.3) is 0 Å². The average molecular weight is 311 g/mol. The number of rotatable bonds is 2. The molecule has 2 bridgehead atoms. The van der Waals surface area contributed by atoms with E-state index >= 15 is 0 Å². The first kappa shape index (κ1) is 14.2. The molecule has 4 aliphatic rings. The Hall–Kier alpha value is -2.43. The second kappa shape index (κ2) is 5.05. The third-order valence-electron chi connectivity index (χ3n) is 5.31. The highest BCUT2D eigenvalue weighted by Gasteiger charge is 2.57. The number of fused-ring (bicyclic) bond motifs is 1. The molecular formula is C18H17NO4. The number of nitrogens with zero attached hydrogens (tertiary/aromatic N) is 1. The maximum absolute atomic E-state index is 12.9. The summed E-state index contributed by atoms with van der Waals surface area (Å²) in [6.45, 7) is 0. The fraction of sp³-hybridized carbons (Fsp3) is 0.389. The number of anilines is 1. The van der Waals surface area contributed by atoms with Crippen molar-refractivity contribution in [3.63, 3.8) is 0 Å². The summed E-state index contributed by atoms with van der Waals surface area (Å²) in [6, 6.07) is 6.63. The first-order chi connectivity index (χ1) is 11.1. The highest BCUT2D eigenvalue weighted by molar-refractivity contribution is 6.24. The number of para-hydroxylation sites is 1. The van der Waals surface area contributed by atoms with E-state index in [0.717, 1.165) is 12.8 Å². The van der Waals surface area contributed by atoms with Gasteiger partial charge in [0.2, 0.25) is 11.8 Å². The third-order valence-corrected chi connectivity index (χ3v) is 5.31. The first-order valence-corrected chi connectivity index (χ1v) is 7.87. The van der Waals surface area contributed by atoms with Gasteiger partial charge in [0.1, 0.15) is 0 Å². The molecular weight excluding hydrogens is 294 g/mol. The zero-order valence-corrected chi connectivity index (χ0v) is 12.8. The lowest BCUT2D eigenvalue weighted by Crippen LogP contribution is -2.38. The quantitative estimate of drug-likeness (QED) is 0.477. The highest BCUT2D eigenvalue weighted by Crippen LogP contribution is 2.50. The molecule has 1 aliphatic heterocycles. The summed E-state index contributed by atoms with van der Waals surface area (Å²) in [6.07, 6.45) is 6.06. The van der Waals surface area contributed by atoms with Crippen LogP contribution in [-0.2, 0) is 14.3 Å². The van der Waals surface area contributed by atoms with Crippen LogP contribution in [0.25, 0.3) is 0 Å². The minimum absolute atomic E-state index is 0.136. The van der Waals surface area contributed by atoms with Crippen LogP contribution >= 0.6 is 0 Å². The highest BCUT2D eigenvalue weighted by atomic mass is 16.5. The van der Waals surface area contributed by atoms with Gasteiger partial charge in [-0.15, -0.1) is 0 Å². The van der Waals surface area contributed by atoms with Crippen LogP contribution in [0.2, 0.25) is 0 Å². The lowest BCUT2D eigenvalue weighted by molar-refractivity contribution is -0.124. The molecule has 1 aromatic carbocycles. The molecule has 0 radical (unpaired) electrons. The molecule has 4 atom stereocenters. The summed E-state index contributed by atoms with van der Waals surface area (Å²) in [4.78, 5) is 39.0. The molecule has 2 fully saturated rings. The molecule has 0 unspecified atom stereocenters. The Bertz CT molecular complexity index is 706. The van der Waals surface area contributed by atoms with Gasteiger partial charge in [0.05, 0.1) is 30.2 Å². The van der Waals surface area contributed by atoms with Crippen molar-refractivity contribution < 1.29 is 19.1 Å². The topological polar surface area (TPSA) is 63.7 Å². The van der Waals surface area contributed by atoms with E-state index in [2.05, 4.69) is 12.2 Å². The number of ether oxygens (including phenoxy) is 1. The van der Waals surface area contributed by atoms with Gasteiger partial charge in [-0.2, -0.15) is 0 Å². The number of carbonyl (C=O) groups excluding carboxylic acids is 3. The van der Waals surface area contributed by atoms with Gasteiger partial charge >= 0.3 is 5.97 Å². The van der Waals surface area contributed by atoms with E-state index in [1.807, 2.05) is 0 Å². The number of carbonyl (C=O) groups is 3. The van der Waals surface area contributed by atoms with Crippen LogP contribution in [0.1, 0.15) is 23.2 Å². The number of amides is 2. The van der Waals surface area contributed by atoms with Crippen LogP contribution in [0.3, 0.4) is 0 Å². The molecule has 3 aliphatic carbocycles. The first-order valence-electron chi connectivity index (χ1n) is 7.87. The van der Waals surface area contributed by atoms with Gasteiger partial charge in [-0.25, -0.2) is 9.69 Å². The Kier molecular flexibility index (Phi) is 3.11. The Morgan fingerprint density at radius 3 is 2.13 bits per heavy atom. The summed E-state index contributed by atoms with van der Waals surface area (Å²) in [7, 11) is 1.29. The summed E-state index contributed by atoms with van der Waals surface area (Å²) in [5.41, 5.74) is 0.582. The maximum Gasteiger partial charge on any atom is 0.339 e. The molecule has 0 N–H and O–H groups in total. The molecule has 1 saturated heterocycles. The maximum atomic E-state index is 12.9. The number of benzene rings is 1. The van der Waals surface area contributed by atoms with E-state index < -0.39 is 5.97 Å². The van der Waals surface area contributed by atoms with Gasteiger partial charge in [-0.3, -0.25) is 9.59 Å². The molecule has 5 rings (SSSR count). The van der Waals surface area contributed by atoms with E-state index in [9.17, 15) is 14.4 Å². The minimum Gasteiger partial charge on any atom is -0.465 e. The number of esters is 1. The smallest absolute Gasteiger partial charge is 0.339 e. The van der Waals surface area contributed by atoms with Crippen molar-refractivity contribution in [3.8, 4) is 0 Å².